The van der Waals surface area contributed by atoms with E-state index in [-0.39, 0.29) is 0 Å². The van der Waals surface area contributed by atoms with Crippen molar-refractivity contribution in [2.24, 2.45) is 0 Å². The zero-order valence-electron chi connectivity index (χ0n) is 7.44. The van der Waals surface area contributed by atoms with Crippen LogP contribution in [-0.2, 0) is 6.54 Å². The highest BCUT2D eigenvalue weighted by Crippen LogP contribution is 2.02. The first-order valence-electron chi connectivity index (χ1n) is 4.15. The summed E-state index contributed by atoms with van der Waals surface area (Å²) in [4.78, 5) is 7.89. The number of hydrogen-bond acceptors (Lipinski definition) is 5. The summed E-state index contributed by atoms with van der Waals surface area (Å²) in [5.74, 6) is 0.796. The average Bonchev–Trinajstić information content (AvgIpc) is 2.63. The summed E-state index contributed by atoms with van der Waals surface area (Å²) in [6.07, 6.45) is 3.51. The maximum absolute atomic E-state index is 5.37. The Labute approximate surface area is 80.6 Å². The van der Waals surface area contributed by atoms with Crippen molar-refractivity contribution in [1.82, 2.24) is 20.2 Å². The number of nitrogens with zero attached hydrogens (tertiary/aromatic N) is 3. The van der Waals surface area contributed by atoms with E-state index in [0.29, 0.717) is 18.4 Å². The van der Waals surface area contributed by atoms with E-state index >= 15 is 0 Å². The number of aromatic amines is 1. The number of H-pyrrole nitrogens is 1. The van der Waals surface area contributed by atoms with Gasteiger partial charge in [-0.2, -0.15) is 4.98 Å². The summed E-state index contributed by atoms with van der Waals surface area (Å²) in [5.41, 5.74) is 6.43. The number of aromatic nitrogens is 4. The number of nitrogen functional groups attached to an aromatic ring is 1. The highest BCUT2D eigenvalue weighted by molar-refractivity contribution is 5.30. The minimum absolute atomic E-state index is 0.304. The molecule has 14 heavy (non-hydrogen) atoms. The van der Waals surface area contributed by atoms with Crippen molar-refractivity contribution in [1.29, 1.82) is 0 Å². The van der Waals surface area contributed by atoms with E-state index in [4.69, 9.17) is 5.73 Å². The fourth-order valence-corrected chi connectivity index (χ4v) is 1.04. The van der Waals surface area contributed by atoms with Crippen LogP contribution in [0.25, 0.3) is 0 Å². The van der Waals surface area contributed by atoms with Gasteiger partial charge in [-0.1, -0.05) is 6.07 Å². The van der Waals surface area contributed by atoms with E-state index in [9.17, 15) is 0 Å². The molecule has 2 rings (SSSR count). The minimum atomic E-state index is 0.304. The van der Waals surface area contributed by atoms with Gasteiger partial charge in [0.05, 0.1) is 0 Å². The van der Waals surface area contributed by atoms with Gasteiger partial charge in [0.15, 0.2) is 0 Å². The lowest BCUT2D eigenvalue weighted by molar-refractivity contribution is 1.04. The van der Waals surface area contributed by atoms with Crippen LogP contribution >= 0.6 is 0 Å². The highest BCUT2D eigenvalue weighted by Gasteiger charge is 1.98. The molecule has 2 aromatic rings. The van der Waals surface area contributed by atoms with Gasteiger partial charge in [0.25, 0.3) is 0 Å². The summed E-state index contributed by atoms with van der Waals surface area (Å²) < 4.78 is 0. The monoisotopic (exact) mass is 190 g/mol. The van der Waals surface area contributed by atoms with Gasteiger partial charge >= 0.3 is 0 Å². The SMILES string of the molecule is Nc1nc(NCc2cccnc2)n[nH]1. The predicted molar refractivity (Wildman–Crippen MR) is 52.4 cm³/mol. The molecule has 0 saturated heterocycles. The van der Waals surface area contributed by atoms with Crippen molar-refractivity contribution >= 4 is 11.9 Å². The Balaban J connectivity index is 1.95. The van der Waals surface area contributed by atoms with Crippen molar-refractivity contribution in [3.05, 3.63) is 30.1 Å². The normalized spacial score (nSPS) is 10.0. The maximum atomic E-state index is 5.37. The standard InChI is InChI=1S/C8H10N6/c9-7-12-8(14-13-7)11-5-6-2-1-3-10-4-6/h1-4H,5H2,(H4,9,11,12,13,14). The van der Waals surface area contributed by atoms with Gasteiger partial charge < -0.3 is 11.1 Å². The molecule has 0 radical (unpaired) electrons. The molecule has 6 nitrogen and oxygen atoms in total. The first kappa shape index (κ1) is 8.49. The Kier molecular flexibility index (Phi) is 2.26. The summed E-state index contributed by atoms with van der Waals surface area (Å²) in [6.45, 7) is 0.630. The summed E-state index contributed by atoms with van der Waals surface area (Å²) in [7, 11) is 0. The van der Waals surface area contributed by atoms with E-state index < -0.39 is 0 Å². The molecule has 0 spiro atoms. The van der Waals surface area contributed by atoms with Gasteiger partial charge in [0, 0.05) is 18.9 Å². The van der Waals surface area contributed by atoms with Crippen molar-refractivity contribution in [2.45, 2.75) is 6.54 Å². The van der Waals surface area contributed by atoms with Crippen LogP contribution in [0.3, 0.4) is 0 Å². The molecular formula is C8H10N6. The van der Waals surface area contributed by atoms with Gasteiger partial charge in [0.1, 0.15) is 0 Å². The summed E-state index contributed by atoms with van der Waals surface area (Å²) in [5, 5.41) is 9.39. The van der Waals surface area contributed by atoms with Crippen molar-refractivity contribution in [3.8, 4) is 0 Å². The van der Waals surface area contributed by atoms with Gasteiger partial charge in [0.2, 0.25) is 11.9 Å². The van der Waals surface area contributed by atoms with Crippen LogP contribution in [0, 0.1) is 0 Å². The second-order valence-electron chi connectivity index (χ2n) is 2.76. The molecule has 6 heteroatoms. The molecule has 0 atom stereocenters. The zero-order valence-corrected chi connectivity index (χ0v) is 7.44. The summed E-state index contributed by atoms with van der Waals surface area (Å²) in [6, 6.07) is 3.85. The fourth-order valence-electron chi connectivity index (χ4n) is 1.04. The molecule has 0 bridgehead atoms. The Morgan fingerprint density at radius 2 is 2.43 bits per heavy atom. The first-order chi connectivity index (χ1) is 6.84. The van der Waals surface area contributed by atoms with Crippen LogP contribution in [0.1, 0.15) is 5.56 Å². The quantitative estimate of drug-likeness (QED) is 0.651. The first-order valence-corrected chi connectivity index (χ1v) is 4.15. The van der Waals surface area contributed by atoms with Gasteiger partial charge in [-0.05, 0) is 11.6 Å². The molecule has 2 heterocycles. The van der Waals surface area contributed by atoms with Crippen LogP contribution in [0.5, 0.6) is 0 Å². The molecule has 0 aromatic carbocycles. The highest BCUT2D eigenvalue weighted by atomic mass is 15.3. The fraction of sp³-hybridized carbons (Fsp3) is 0.125. The van der Waals surface area contributed by atoms with E-state index in [1.54, 1.807) is 12.4 Å². The molecule has 0 aliphatic carbocycles. The lowest BCUT2D eigenvalue weighted by Crippen LogP contribution is -2.01. The van der Waals surface area contributed by atoms with Crippen molar-refractivity contribution < 1.29 is 0 Å². The molecule has 0 unspecified atom stereocenters. The second-order valence-corrected chi connectivity index (χ2v) is 2.76. The Hall–Kier alpha value is -2.11. The van der Waals surface area contributed by atoms with E-state index in [2.05, 4.69) is 25.5 Å². The van der Waals surface area contributed by atoms with Crippen LogP contribution in [0.4, 0.5) is 11.9 Å². The van der Waals surface area contributed by atoms with Crippen LogP contribution < -0.4 is 11.1 Å². The number of anilines is 2. The molecule has 0 aliphatic heterocycles. The topological polar surface area (TPSA) is 92.5 Å². The smallest absolute Gasteiger partial charge is 0.243 e. The maximum Gasteiger partial charge on any atom is 0.243 e. The molecule has 0 fully saturated rings. The molecule has 0 amide bonds. The number of rotatable bonds is 3. The third-order valence-electron chi connectivity index (χ3n) is 1.68. The Bertz CT molecular complexity index is 395. The zero-order chi connectivity index (χ0) is 9.80. The minimum Gasteiger partial charge on any atom is -0.368 e. The largest absolute Gasteiger partial charge is 0.368 e. The number of nitrogens with two attached hydrogens (primary N) is 1. The Morgan fingerprint density at radius 3 is 3.07 bits per heavy atom. The molecular weight excluding hydrogens is 180 g/mol. The number of pyridine rings is 1. The number of hydrogen-bond donors (Lipinski definition) is 3. The second kappa shape index (κ2) is 3.73. The molecule has 2 aromatic heterocycles. The van der Waals surface area contributed by atoms with Crippen LogP contribution in [0.2, 0.25) is 0 Å². The van der Waals surface area contributed by atoms with E-state index in [1.165, 1.54) is 0 Å². The lowest BCUT2D eigenvalue weighted by Gasteiger charge is -1.99. The molecule has 0 saturated carbocycles. The van der Waals surface area contributed by atoms with E-state index in [1.807, 2.05) is 12.1 Å². The predicted octanol–water partition coefficient (Wildman–Crippen LogP) is 0.394. The lowest BCUT2D eigenvalue weighted by atomic mass is 10.3. The third-order valence-corrected chi connectivity index (χ3v) is 1.68. The van der Waals surface area contributed by atoms with Crippen molar-refractivity contribution in [2.75, 3.05) is 11.1 Å². The molecule has 4 N–H and O–H groups in total. The number of nitrogens with one attached hydrogen (secondary N) is 2. The van der Waals surface area contributed by atoms with E-state index in [0.717, 1.165) is 5.56 Å². The van der Waals surface area contributed by atoms with Crippen molar-refractivity contribution in [3.63, 3.8) is 0 Å². The Morgan fingerprint density at radius 1 is 1.50 bits per heavy atom. The molecule has 0 aliphatic rings. The van der Waals surface area contributed by atoms with Gasteiger partial charge in [-0.3, -0.25) is 4.98 Å². The van der Waals surface area contributed by atoms with Gasteiger partial charge in [-0.15, -0.1) is 5.10 Å². The van der Waals surface area contributed by atoms with Crippen LogP contribution in [0.15, 0.2) is 24.5 Å². The average molecular weight is 190 g/mol. The van der Waals surface area contributed by atoms with Gasteiger partial charge in [-0.25, -0.2) is 5.10 Å². The van der Waals surface area contributed by atoms with Crippen LogP contribution in [-0.4, -0.2) is 20.2 Å². The molecule has 72 valence electrons. The third kappa shape index (κ3) is 1.98. The summed E-state index contributed by atoms with van der Waals surface area (Å²) >= 11 is 0.